The van der Waals surface area contributed by atoms with Crippen LogP contribution in [0.25, 0.3) is 27.6 Å². The summed E-state index contributed by atoms with van der Waals surface area (Å²) in [5.74, 6) is -0.975. The molecule has 0 unspecified atom stereocenters. The predicted octanol–water partition coefficient (Wildman–Crippen LogP) is 4.83. The van der Waals surface area contributed by atoms with Gasteiger partial charge in [-0.25, -0.2) is 9.69 Å². The molecule has 1 fully saturated rings. The largest absolute Gasteiger partial charge is 0.329 e. The van der Waals surface area contributed by atoms with Crippen molar-refractivity contribution in [3.8, 4) is 0 Å². The van der Waals surface area contributed by atoms with Gasteiger partial charge in [-0.2, -0.15) is 0 Å². The number of imide groups is 1. The van der Waals surface area contributed by atoms with E-state index in [1.807, 2.05) is 73.7 Å². The van der Waals surface area contributed by atoms with Gasteiger partial charge in [0.2, 0.25) is 5.91 Å². The van der Waals surface area contributed by atoms with Gasteiger partial charge in [0, 0.05) is 5.69 Å². The Balaban J connectivity index is 1.46. The minimum Gasteiger partial charge on any atom is -0.325 e. The van der Waals surface area contributed by atoms with Gasteiger partial charge in [0.1, 0.15) is 12.2 Å². The summed E-state index contributed by atoms with van der Waals surface area (Å²) >= 11 is 0. The van der Waals surface area contributed by atoms with E-state index in [1.165, 1.54) is 0 Å². The van der Waals surface area contributed by atoms with E-state index in [2.05, 4.69) is 16.7 Å². The maximum absolute atomic E-state index is 13.0. The number of aryl methyl sites for hydroxylation is 1. The number of carbonyl (C=O) groups excluding carboxylic acids is 3. The zero-order valence-corrected chi connectivity index (χ0v) is 18.0. The third kappa shape index (κ3) is 3.94. The van der Waals surface area contributed by atoms with Crippen molar-refractivity contribution in [1.82, 2.24) is 10.2 Å². The number of nitrogens with zero attached hydrogens (tertiary/aromatic N) is 1. The summed E-state index contributed by atoms with van der Waals surface area (Å²) < 4.78 is 0. The van der Waals surface area contributed by atoms with Crippen molar-refractivity contribution in [2.45, 2.75) is 6.92 Å². The quantitative estimate of drug-likeness (QED) is 0.274. The van der Waals surface area contributed by atoms with Crippen LogP contribution in [0.1, 0.15) is 11.1 Å². The highest BCUT2D eigenvalue weighted by atomic mass is 16.2. The third-order valence-electron chi connectivity index (χ3n) is 5.67. The summed E-state index contributed by atoms with van der Waals surface area (Å²) in [5, 5.41) is 9.38. The number of hydrogen-bond donors (Lipinski definition) is 2. The van der Waals surface area contributed by atoms with E-state index in [4.69, 9.17) is 0 Å². The Morgan fingerprint density at radius 2 is 1.58 bits per heavy atom. The average Bonchev–Trinajstić information content (AvgIpc) is 3.06. The lowest BCUT2D eigenvalue weighted by Crippen LogP contribution is -2.38. The highest BCUT2D eigenvalue weighted by molar-refractivity contribution is 6.18. The number of nitrogens with one attached hydrogen (secondary N) is 2. The number of anilines is 1. The Bertz CT molecular complexity index is 1420. The first kappa shape index (κ1) is 20.5. The predicted molar refractivity (Wildman–Crippen MR) is 129 cm³/mol. The molecular weight excluding hydrogens is 414 g/mol. The number of carbonyl (C=O) groups is 3. The molecule has 0 aromatic heterocycles. The van der Waals surface area contributed by atoms with E-state index in [0.717, 1.165) is 37.6 Å². The molecule has 0 saturated carbocycles. The minimum atomic E-state index is -0.616. The van der Waals surface area contributed by atoms with Gasteiger partial charge in [0.15, 0.2) is 0 Å². The molecule has 6 nitrogen and oxygen atoms in total. The minimum absolute atomic E-state index is 0.143. The van der Waals surface area contributed by atoms with Crippen molar-refractivity contribution in [3.05, 3.63) is 95.7 Å². The molecule has 33 heavy (non-hydrogen) atoms. The van der Waals surface area contributed by atoms with Crippen molar-refractivity contribution in [1.29, 1.82) is 0 Å². The fraction of sp³-hybridized carbons (Fsp3) is 0.0741. The van der Waals surface area contributed by atoms with Crippen LogP contribution in [-0.4, -0.2) is 29.3 Å². The van der Waals surface area contributed by atoms with Gasteiger partial charge in [0.25, 0.3) is 5.91 Å². The van der Waals surface area contributed by atoms with Gasteiger partial charge in [-0.05, 0) is 63.9 Å². The molecule has 0 spiro atoms. The molecule has 2 N–H and O–H groups in total. The fourth-order valence-corrected chi connectivity index (χ4v) is 4.13. The lowest BCUT2D eigenvalue weighted by atomic mass is 9.96. The fourth-order valence-electron chi connectivity index (χ4n) is 4.13. The third-order valence-corrected chi connectivity index (χ3v) is 5.67. The van der Waals surface area contributed by atoms with Crippen LogP contribution < -0.4 is 10.6 Å². The van der Waals surface area contributed by atoms with Crippen LogP contribution in [0.15, 0.2) is 84.6 Å². The number of hydrogen-bond acceptors (Lipinski definition) is 3. The summed E-state index contributed by atoms with van der Waals surface area (Å²) in [5.41, 5.74) is 2.60. The molecule has 4 amide bonds. The van der Waals surface area contributed by atoms with Gasteiger partial charge in [-0.1, -0.05) is 60.7 Å². The van der Waals surface area contributed by atoms with E-state index >= 15 is 0 Å². The lowest BCUT2D eigenvalue weighted by molar-refractivity contribution is -0.127. The van der Waals surface area contributed by atoms with Crippen LogP contribution >= 0.6 is 0 Å². The Hall–Kier alpha value is -4.45. The van der Waals surface area contributed by atoms with Gasteiger partial charge < -0.3 is 10.6 Å². The summed E-state index contributed by atoms with van der Waals surface area (Å²) in [6, 6.07) is 24.6. The van der Waals surface area contributed by atoms with Crippen LogP contribution in [0.4, 0.5) is 10.5 Å². The van der Waals surface area contributed by atoms with E-state index in [9.17, 15) is 14.4 Å². The Morgan fingerprint density at radius 3 is 2.24 bits per heavy atom. The molecule has 0 aliphatic carbocycles. The van der Waals surface area contributed by atoms with Gasteiger partial charge in [-0.3, -0.25) is 9.59 Å². The molecule has 1 aliphatic rings. The lowest BCUT2D eigenvalue weighted by Gasteiger charge is -2.12. The first-order valence-electron chi connectivity index (χ1n) is 10.6. The molecule has 1 saturated heterocycles. The second kappa shape index (κ2) is 8.24. The number of benzene rings is 4. The van der Waals surface area contributed by atoms with Crippen molar-refractivity contribution >= 4 is 51.2 Å². The molecule has 4 aromatic rings. The number of rotatable bonds is 4. The van der Waals surface area contributed by atoms with E-state index in [-0.39, 0.29) is 12.2 Å². The van der Waals surface area contributed by atoms with Crippen molar-refractivity contribution in [2.75, 3.05) is 11.9 Å². The first-order chi connectivity index (χ1) is 16.0. The molecule has 1 heterocycles. The maximum Gasteiger partial charge on any atom is 0.329 e. The van der Waals surface area contributed by atoms with Crippen molar-refractivity contribution in [2.24, 2.45) is 0 Å². The summed E-state index contributed by atoms with van der Waals surface area (Å²) in [7, 11) is 0. The molecular formula is C27H21N3O3. The Labute approximate surface area is 190 Å². The maximum atomic E-state index is 13.0. The molecule has 0 radical (unpaired) electrons. The molecule has 162 valence electrons. The summed E-state index contributed by atoms with van der Waals surface area (Å²) in [6.07, 6.45) is 1.70. The van der Waals surface area contributed by atoms with Crippen LogP contribution in [0, 0.1) is 6.92 Å². The van der Waals surface area contributed by atoms with Crippen LogP contribution in [-0.2, 0) is 9.59 Å². The van der Waals surface area contributed by atoms with E-state index in [1.54, 1.807) is 12.1 Å². The normalized spacial score (nSPS) is 14.8. The van der Waals surface area contributed by atoms with Gasteiger partial charge >= 0.3 is 6.03 Å². The van der Waals surface area contributed by atoms with Crippen LogP contribution in [0.5, 0.6) is 0 Å². The van der Waals surface area contributed by atoms with Crippen molar-refractivity contribution in [3.63, 3.8) is 0 Å². The monoisotopic (exact) mass is 435 g/mol. The number of urea groups is 1. The first-order valence-corrected chi connectivity index (χ1v) is 10.6. The van der Waals surface area contributed by atoms with Crippen molar-refractivity contribution < 1.29 is 14.4 Å². The molecule has 6 heteroatoms. The van der Waals surface area contributed by atoms with E-state index < -0.39 is 17.8 Å². The van der Waals surface area contributed by atoms with E-state index in [0.29, 0.717) is 5.69 Å². The molecule has 0 bridgehead atoms. The van der Waals surface area contributed by atoms with Crippen LogP contribution in [0.3, 0.4) is 0 Å². The topological polar surface area (TPSA) is 78.5 Å². The molecule has 0 atom stereocenters. The number of amides is 4. The second-order valence-electron chi connectivity index (χ2n) is 8.03. The second-order valence-corrected chi connectivity index (χ2v) is 8.03. The van der Waals surface area contributed by atoms with Gasteiger partial charge in [-0.15, -0.1) is 0 Å². The smallest absolute Gasteiger partial charge is 0.325 e. The molecule has 5 rings (SSSR count). The standard InChI is InChI=1S/C27H21N3O3/c1-17-7-6-10-20(13-17)28-25(31)16-30-26(32)24(29-27(30)33)15-23-21-11-4-2-8-18(21)14-19-9-3-5-12-22(19)23/h2-15H,16H2,1H3,(H,28,31)(H,29,33)/b24-15+. The summed E-state index contributed by atoms with van der Waals surface area (Å²) in [6.45, 7) is 1.55. The molecule has 4 aromatic carbocycles. The average molecular weight is 435 g/mol. The van der Waals surface area contributed by atoms with Crippen LogP contribution in [0.2, 0.25) is 0 Å². The number of fused-ring (bicyclic) bond motifs is 2. The zero-order valence-electron chi connectivity index (χ0n) is 18.0. The SMILES string of the molecule is Cc1cccc(NC(=O)CN2C(=O)N/C(=C/c3c4ccccc4cc4ccccc34)C2=O)c1. The molecule has 1 aliphatic heterocycles. The Kier molecular flexibility index (Phi) is 5.11. The Morgan fingerprint density at radius 1 is 0.909 bits per heavy atom. The zero-order chi connectivity index (χ0) is 22.9. The highest BCUT2D eigenvalue weighted by Gasteiger charge is 2.35. The van der Waals surface area contributed by atoms with Gasteiger partial charge in [0.05, 0.1) is 0 Å². The summed E-state index contributed by atoms with van der Waals surface area (Å²) in [4.78, 5) is 39.0. The highest BCUT2D eigenvalue weighted by Crippen LogP contribution is 2.30.